The van der Waals surface area contributed by atoms with Crippen LogP contribution >= 0.6 is 0 Å². The lowest BCUT2D eigenvalue weighted by Gasteiger charge is -2.24. The minimum Gasteiger partial charge on any atom is -0.348 e. The van der Waals surface area contributed by atoms with Gasteiger partial charge in [0.05, 0.1) is 11.3 Å². The summed E-state index contributed by atoms with van der Waals surface area (Å²) in [5.74, 6) is 4.89. The Bertz CT molecular complexity index is 467. The van der Waals surface area contributed by atoms with Gasteiger partial charge >= 0.3 is 0 Å². The van der Waals surface area contributed by atoms with Gasteiger partial charge in [0.1, 0.15) is 5.82 Å². The average Bonchev–Trinajstić information content (AvgIpc) is 2.36. The molecule has 118 valence electrons. The largest absolute Gasteiger partial charge is 0.348 e. The number of nitrogen functional groups attached to an aromatic ring is 1. The van der Waals surface area contributed by atoms with E-state index >= 15 is 0 Å². The van der Waals surface area contributed by atoms with Crippen molar-refractivity contribution in [2.24, 2.45) is 11.8 Å². The Morgan fingerprint density at radius 1 is 1.38 bits per heavy atom. The second kappa shape index (κ2) is 7.95. The first-order valence-electron chi connectivity index (χ1n) is 7.05. The molecule has 5 nitrogen and oxygen atoms in total. The van der Waals surface area contributed by atoms with Crippen LogP contribution in [0.1, 0.15) is 30.6 Å². The minimum atomic E-state index is -0.543. The minimum absolute atomic E-state index is 0.00129. The Hall–Kier alpha value is -1.66. The number of anilines is 1. The van der Waals surface area contributed by atoms with E-state index < -0.39 is 5.82 Å². The van der Waals surface area contributed by atoms with Gasteiger partial charge in [-0.15, -0.1) is 0 Å². The number of hydrogen-bond donors (Lipinski definition) is 3. The first-order chi connectivity index (χ1) is 9.85. The van der Waals surface area contributed by atoms with Gasteiger partial charge in [0.15, 0.2) is 0 Å². The summed E-state index contributed by atoms with van der Waals surface area (Å²) in [6.45, 7) is 4.93. The molecule has 0 aliphatic rings. The number of amides is 1. The van der Waals surface area contributed by atoms with Crippen LogP contribution in [0.25, 0.3) is 0 Å². The summed E-state index contributed by atoms with van der Waals surface area (Å²) < 4.78 is 13.6. The van der Waals surface area contributed by atoms with E-state index in [9.17, 15) is 9.18 Å². The quantitative estimate of drug-likeness (QED) is 0.530. The van der Waals surface area contributed by atoms with Crippen LogP contribution in [0.3, 0.4) is 0 Å². The third-order valence-corrected chi connectivity index (χ3v) is 3.08. The highest BCUT2D eigenvalue weighted by atomic mass is 19.1. The van der Waals surface area contributed by atoms with E-state index in [4.69, 9.17) is 5.84 Å². The van der Waals surface area contributed by atoms with E-state index in [-0.39, 0.29) is 23.2 Å². The Labute approximate surface area is 125 Å². The van der Waals surface area contributed by atoms with Gasteiger partial charge in [0, 0.05) is 12.6 Å². The molecule has 0 saturated carbocycles. The maximum Gasteiger partial charge on any atom is 0.253 e. The van der Waals surface area contributed by atoms with Gasteiger partial charge in [0.25, 0.3) is 5.91 Å². The maximum absolute atomic E-state index is 13.6. The second-order valence-electron chi connectivity index (χ2n) is 5.87. The number of benzene rings is 1. The van der Waals surface area contributed by atoms with E-state index in [1.54, 1.807) is 6.07 Å². The second-order valence-corrected chi connectivity index (χ2v) is 5.87. The number of nitrogens with two attached hydrogens (primary N) is 1. The molecule has 4 N–H and O–H groups in total. The first-order valence-corrected chi connectivity index (χ1v) is 7.05. The van der Waals surface area contributed by atoms with Crippen molar-refractivity contribution in [3.8, 4) is 0 Å². The van der Waals surface area contributed by atoms with Crippen LogP contribution in [-0.2, 0) is 0 Å². The standard InChI is InChI=1S/C15H25FN4O/c1-10(2)8-11(9-20(3)4)18-15(21)12-6-5-7-13(16)14(12)19-17/h5-7,10-11,19H,8-9,17H2,1-4H3,(H,18,21). The van der Waals surface area contributed by atoms with Gasteiger partial charge in [-0.2, -0.15) is 0 Å². The fourth-order valence-electron chi connectivity index (χ4n) is 2.31. The van der Waals surface area contributed by atoms with Gasteiger partial charge in [-0.05, 0) is 38.6 Å². The molecule has 1 amide bonds. The third-order valence-electron chi connectivity index (χ3n) is 3.08. The molecule has 0 aliphatic heterocycles. The highest BCUT2D eigenvalue weighted by Gasteiger charge is 2.19. The Kier molecular flexibility index (Phi) is 6.58. The van der Waals surface area contributed by atoms with Crippen molar-refractivity contribution in [3.63, 3.8) is 0 Å². The topological polar surface area (TPSA) is 70.4 Å². The molecule has 0 radical (unpaired) electrons. The van der Waals surface area contributed by atoms with E-state index in [0.29, 0.717) is 5.92 Å². The summed E-state index contributed by atoms with van der Waals surface area (Å²) in [5.41, 5.74) is 2.48. The van der Waals surface area contributed by atoms with Crippen molar-refractivity contribution in [2.45, 2.75) is 26.3 Å². The summed E-state index contributed by atoms with van der Waals surface area (Å²) in [6.07, 6.45) is 0.852. The normalized spacial score (nSPS) is 12.6. The van der Waals surface area contributed by atoms with Gasteiger partial charge in [-0.1, -0.05) is 19.9 Å². The fourth-order valence-corrected chi connectivity index (χ4v) is 2.31. The maximum atomic E-state index is 13.6. The molecule has 1 aromatic carbocycles. The molecule has 1 unspecified atom stereocenters. The molecule has 1 aromatic rings. The lowest BCUT2D eigenvalue weighted by Crippen LogP contribution is -2.42. The summed E-state index contributed by atoms with van der Waals surface area (Å²) in [6, 6.07) is 4.31. The highest BCUT2D eigenvalue weighted by molar-refractivity contribution is 5.99. The first kappa shape index (κ1) is 17.4. The monoisotopic (exact) mass is 296 g/mol. The zero-order valence-electron chi connectivity index (χ0n) is 13.1. The number of carbonyl (C=O) groups excluding carboxylic acids is 1. The number of carbonyl (C=O) groups is 1. The molecule has 1 rings (SSSR count). The lowest BCUT2D eigenvalue weighted by atomic mass is 10.0. The van der Waals surface area contributed by atoms with Gasteiger partial charge in [0.2, 0.25) is 0 Å². The van der Waals surface area contributed by atoms with Gasteiger partial charge in [-0.25, -0.2) is 4.39 Å². The Morgan fingerprint density at radius 2 is 2.05 bits per heavy atom. The predicted molar refractivity (Wildman–Crippen MR) is 83.5 cm³/mol. The van der Waals surface area contributed by atoms with Gasteiger partial charge in [-0.3, -0.25) is 10.6 Å². The molecule has 0 fully saturated rings. The number of para-hydroxylation sites is 1. The van der Waals surface area contributed by atoms with Crippen LogP contribution < -0.4 is 16.6 Å². The molecule has 0 saturated heterocycles. The molecule has 0 aromatic heterocycles. The molecule has 1 atom stereocenters. The SMILES string of the molecule is CC(C)CC(CN(C)C)NC(=O)c1cccc(F)c1NN. The smallest absolute Gasteiger partial charge is 0.253 e. The number of hydrazine groups is 1. The van der Waals surface area contributed by atoms with Crippen LogP contribution in [0.15, 0.2) is 18.2 Å². The molecule has 6 heteroatoms. The fraction of sp³-hybridized carbons (Fsp3) is 0.533. The molecule has 0 bridgehead atoms. The van der Waals surface area contributed by atoms with Crippen molar-refractivity contribution < 1.29 is 9.18 Å². The number of halogens is 1. The number of likely N-dealkylation sites (N-methyl/N-ethyl adjacent to an activating group) is 1. The zero-order chi connectivity index (χ0) is 16.0. The van der Waals surface area contributed by atoms with E-state index in [1.165, 1.54) is 12.1 Å². The Balaban J connectivity index is 2.88. The number of rotatable bonds is 7. The van der Waals surface area contributed by atoms with Crippen LogP contribution in [0, 0.1) is 11.7 Å². The lowest BCUT2D eigenvalue weighted by molar-refractivity contribution is 0.0925. The third kappa shape index (κ3) is 5.32. The van der Waals surface area contributed by atoms with Crippen molar-refractivity contribution in [1.29, 1.82) is 0 Å². The molecular formula is C15H25FN4O. The number of nitrogens with one attached hydrogen (secondary N) is 2. The molecule has 21 heavy (non-hydrogen) atoms. The van der Waals surface area contributed by atoms with Crippen LogP contribution in [0.4, 0.5) is 10.1 Å². The van der Waals surface area contributed by atoms with Crippen molar-refractivity contribution in [3.05, 3.63) is 29.6 Å². The van der Waals surface area contributed by atoms with Gasteiger partial charge < -0.3 is 15.6 Å². The van der Waals surface area contributed by atoms with Crippen LogP contribution in [0.2, 0.25) is 0 Å². The predicted octanol–water partition coefficient (Wildman–Crippen LogP) is 1.82. The number of nitrogens with zero attached hydrogens (tertiary/aromatic N) is 1. The average molecular weight is 296 g/mol. The van der Waals surface area contributed by atoms with Crippen molar-refractivity contribution in [2.75, 3.05) is 26.1 Å². The Morgan fingerprint density at radius 3 is 2.57 bits per heavy atom. The summed E-state index contributed by atoms with van der Waals surface area (Å²) in [7, 11) is 3.91. The summed E-state index contributed by atoms with van der Waals surface area (Å²) >= 11 is 0. The van der Waals surface area contributed by atoms with Crippen LogP contribution in [0.5, 0.6) is 0 Å². The van der Waals surface area contributed by atoms with E-state index in [0.717, 1.165) is 13.0 Å². The molecule has 0 heterocycles. The van der Waals surface area contributed by atoms with E-state index in [2.05, 4.69) is 24.6 Å². The van der Waals surface area contributed by atoms with Crippen LogP contribution in [-0.4, -0.2) is 37.5 Å². The molecule has 0 aliphatic carbocycles. The van der Waals surface area contributed by atoms with Crippen molar-refractivity contribution in [1.82, 2.24) is 10.2 Å². The number of hydrogen-bond acceptors (Lipinski definition) is 4. The summed E-state index contributed by atoms with van der Waals surface area (Å²) in [5, 5.41) is 2.96. The van der Waals surface area contributed by atoms with Crippen molar-refractivity contribution >= 4 is 11.6 Å². The highest BCUT2D eigenvalue weighted by Crippen LogP contribution is 2.19. The molecule has 0 spiro atoms. The van der Waals surface area contributed by atoms with E-state index in [1.807, 2.05) is 19.0 Å². The molecular weight excluding hydrogens is 271 g/mol. The zero-order valence-corrected chi connectivity index (χ0v) is 13.1. The summed E-state index contributed by atoms with van der Waals surface area (Å²) in [4.78, 5) is 14.4.